The first-order chi connectivity index (χ1) is 14.1. The minimum atomic E-state index is -0.464. The van der Waals surface area contributed by atoms with Crippen molar-refractivity contribution in [3.63, 3.8) is 0 Å². The second-order valence-electron chi connectivity index (χ2n) is 6.17. The van der Waals surface area contributed by atoms with Crippen LogP contribution in [-0.2, 0) is 11.2 Å². The third-order valence-corrected chi connectivity index (χ3v) is 4.65. The van der Waals surface area contributed by atoms with Crippen molar-refractivity contribution >= 4 is 23.4 Å². The summed E-state index contributed by atoms with van der Waals surface area (Å²) in [6.45, 7) is 2.59. The average molecular weight is 412 g/mol. The summed E-state index contributed by atoms with van der Waals surface area (Å²) >= 11 is 6.22. The van der Waals surface area contributed by atoms with Crippen LogP contribution < -0.4 is 10.1 Å². The van der Waals surface area contributed by atoms with Gasteiger partial charge in [0.25, 0.3) is 0 Å². The van der Waals surface area contributed by atoms with Crippen LogP contribution >= 0.6 is 11.6 Å². The Morgan fingerprint density at radius 3 is 2.59 bits per heavy atom. The smallest absolute Gasteiger partial charge is 0.343 e. The monoisotopic (exact) mass is 411 g/mol. The fraction of sp³-hybridized carbons (Fsp3) is 0.227. The van der Waals surface area contributed by atoms with Crippen LogP contribution in [0.4, 0.5) is 5.82 Å². The molecule has 0 saturated carbocycles. The molecule has 1 aromatic heterocycles. The van der Waals surface area contributed by atoms with Gasteiger partial charge in [-0.25, -0.2) is 14.8 Å². The van der Waals surface area contributed by atoms with Crippen molar-refractivity contribution in [2.24, 2.45) is 0 Å². The fourth-order valence-electron chi connectivity index (χ4n) is 2.77. The molecule has 150 valence electrons. The van der Waals surface area contributed by atoms with Crippen LogP contribution in [0, 0.1) is 0 Å². The summed E-state index contributed by atoms with van der Waals surface area (Å²) < 4.78 is 10.3. The third kappa shape index (κ3) is 5.23. The molecule has 0 bridgehead atoms. The molecule has 3 aromatic rings. The van der Waals surface area contributed by atoms with E-state index in [1.54, 1.807) is 14.0 Å². The number of ether oxygens (including phenoxy) is 2. The molecule has 0 aliphatic rings. The van der Waals surface area contributed by atoms with Gasteiger partial charge in [-0.3, -0.25) is 0 Å². The van der Waals surface area contributed by atoms with Gasteiger partial charge in [-0.15, -0.1) is 0 Å². The summed E-state index contributed by atoms with van der Waals surface area (Å²) in [5.74, 6) is 1.21. The highest BCUT2D eigenvalue weighted by molar-refractivity contribution is 6.31. The summed E-state index contributed by atoms with van der Waals surface area (Å²) in [6.07, 6.45) is 2.17. The van der Waals surface area contributed by atoms with Gasteiger partial charge in [0, 0.05) is 23.3 Å². The molecule has 0 aliphatic carbocycles. The van der Waals surface area contributed by atoms with Gasteiger partial charge in [-0.1, -0.05) is 29.8 Å². The van der Waals surface area contributed by atoms with Gasteiger partial charge in [0.2, 0.25) is 0 Å². The minimum Gasteiger partial charge on any atom is -0.497 e. The topological polar surface area (TPSA) is 73.3 Å². The lowest BCUT2D eigenvalue weighted by Crippen LogP contribution is -2.14. The molecule has 1 N–H and O–H groups in total. The molecule has 0 radical (unpaired) electrons. The maximum Gasteiger partial charge on any atom is 0.343 e. The molecule has 0 atom stereocenters. The van der Waals surface area contributed by atoms with Crippen molar-refractivity contribution in [1.82, 2.24) is 9.97 Å². The van der Waals surface area contributed by atoms with E-state index in [2.05, 4.69) is 15.3 Å². The number of nitrogens with zero attached hydrogens (tertiary/aromatic N) is 2. The number of anilines is 1. The highest BCUT2D eigenvalue weighted by Crippen LogP contribution is 2.23. The quantitative estimate of drug-likeness (QED) is 0.544. The molecule has 0 spiro atoms. The van der Waals surface area contributed by atoms with E-state index in [0.717, 1.165) is 16.9 Å². The molecule has 1 heterocycles. The number of hydrogen-bond acceptors (Lipinski definition) is 6. The highest BCUT2D eigenvalue weighted by atomic mass is 35.5. The van der Waals surface area contributed by atoms with Gasteiger partial charge in [-0.05, 0) is 49.2 Å². The van der Waals surface area contributed by atoms with E-state index in [4.69, 9.17) is 21.1 Å². The molecular formula is C22H22ClN3O3. The highest BCUT2D eigenvalue weighted by Gasteiger charge is 2.16. The van der Waals surface area contributed by atoms with Crippen LogP contribution in [0.5, 0.6) is 5.75 Å². The predicted molar refractivity (Wildman–Crippen MR) is 114 cm³/mol. The molecule has 7 heteroatoms. The maximum absolute atomic E-state index is 12.3. The Hall–Kier alpha value is -3.12. The zero-order chi connectivity index (χ0) is 20.6. The van der Waals surface area contributed by atoms with Crippen LogP contribution in [0.15, 0.2) is 54.7 Å². The third-order valence-electron chi connectivity index (χ3n) is 4.28. The van der Waals surface area contributed by atoms with Gasteiger partial charge in [-0.2, -0.15) is 0 Å². The Morgan fingerprint density at radius 1 is 1.14 bits per heavy atom. The zero-order valence-corrected chi connectivity index (χ0v) is 17.1. The Labute approximate surface area is 174 Å². The van der Waals surface area contributed by atoms with E-state index in [9.17, 15) is 4.79 Å². The number of esters is 1. The largest absolute Gasteiger partial charge is 0.497 e. The number of hydrogen-bond donors (Lipinski definition) is 1. The van der Waals surface area contributed by atoms with Crippen molar-refractivity contribution in [2.75, 3.05) is 25.6 Å². The first kappa shape index (κ1) is 20.6. The summed E-state index contributed by atoms with van der Waals surface area (Å²) in [5.41, 5.74) is 2.13. The number of halogens is 1. The van der Waals surface area contributed by atoms with Gasteiger partial charge < -0.3 is 14.8 Å². The molecule has 6 nitrogen and oxygen atoms in total. The van der Waals surface area contributed by atoms with Gasteiger partial charge in [0.1, 0.15) is 17.1 Å². The summed E-state index contributed by atoms with van der Waals surface area (Å²) in [6, 6.07) is 15.1. The lowest BCUT2D eigenvalue weighted by Gasteiger charge is -2.12. The van der Waals surface area contributed by atoms with Crippen molar-refractivity contribution < 1.29 is 14.3 Å². The molecule has 0 aliphatic heterocycles. The second kappa shape index (κ2) is 9.89. The summed E-state index contributed by atoms with van der Waals surface area (Å²) in [4.78, 5) is 21.2. The SMILES string of the molecule is CCOC(=O)c1cnc(-c2ccc(OC)cc2)nc1NCCc1ccccc1Cl. The number of carbonyl (C=O) groups is 1. The normalized spacial score (nSPS) is 10.4. The van der Waals surface area contributed by atoms with Crippen molar-refractivity contribution in [3.8, 4) is 17.1 Å². The number of methoxy groups -OCH3 is 1. The van der Waals surface area contributed by atoms with Crippen molar-refractivity contribution in [1.29, 1.82) is 0 Å². The first-order valence-corrected chi connectivity index (χ1v) is 9.66. The van der Waals surface area contributed by atoms with E-state index >= 15 is 0 Å². The number of carbonyl (C=O) groups excluding carboxylic acids is 1. The molecule has 2 aromatic carbocycles. The predicted octanol–water partition coefficient (Wildman–Crippen LogP) is 4.64. The molecule has 0 saturated heterocycles. The number of rotatable bonds is 8. The Bertz CT molecular complexity index is 977. The van der Waals surface area contributed by atoms with Crippen LogP contribution in [0.3, 0.4) is 0 Å². The van der Waals surface area contributed by atoms with E-state index in [1.807, 2.05) is 48.5 Å². The number of aromatic nitrogens is 2. The van der Waals surface area contributed by atoms with E-state index in [0.29, 0.717) is 35.2 Å². The Morgan fingerprint density at radius 2 is 1.90 bits per heavy atom. The second-order valence-corrected chi connectivity index (χ2v) is 6.58. The molecule has 0 fully saturated rings. The zero-order valence-electron chi connectivity index (χ0n) is 16.3. The molecule has 0 unspecified atom stereocenters. The Kier molecular flexibility index (Phi) is 7.03. The van der Waals surface area contributed by atoms with Crippen molar-refractivity contribution in [3.05, 3.63) is 70.9 Å². The van der Waals surface area contributed by atoms with E-state index in [-0.39, 0.29) is 6.61 Å². The molecule has 29 heavy (non-hydrogen) atoms. The van der Waals surface area contributed by atoms with Crippen LogP contribution in [0.25, 0.3) is 11.4 Å². The van der Waals surface area contributed by atoms with Crippen LogP contribution in [0.1, 0.15) is 22.8 Å². The standard InChI is InChI=1S/C22H22ClN3O3/c1-3-29-22(27)18-14-25-20(16-8-10-17(28-2)11-9-16)26-21(18)24-13-12-15-6-4-5-7-19(15)23/h4-11,14H,3,12-13H2,1-2H3,(H,24,25,26). The Balaban J connectivity index is 1.84. The molecule has 3 rings (SSSR count). The summed E-state index contributed by atoms with van der Waals surface area (Å²) in [5, 5.41) is 3.94. The van der Waals surface area contributed by atoms with E-state index in [1.165, 1.54) is 6.20 Å². The van der Waals surface area contributed by atoms with Crippen LogP contribution in [-0.4, -0.2) is 36.2 Å². The molecule has 0 amide bonds. The van der Waals surface area contributed by atoms with Gasteiger partial charge >= 0.3 is 5.97 Å². The van der Waals surface area contributed by atoms with Gasteiger partial charge in [0.05, 0.1) is 13.7 Å². The fourth-order valence-corrected chi connectivity index (χ4v) is 3.00. The lowest BCUT2D eigenvalue weighted by atomic mass is 10.1. The average Bonchev–Trinajstić information content (AvgIpc) is 2.75. The van der Waals surface area contributed by atoms with Crippen LogP contribution in [0.2, 0.25) is 5.02 Å². The first-order valence-electron chi connectivity index (χ1n) is 9.28. The number of benzene rings is 2. The lowest BCUT2D eigenvalue weighted by molar-refractivity contribution is 0.0526. The maximum atomic E-state index is 12.3. The van der Waals surface area contributed by atoms with Crippen molar-refractivity contribution in [2.45, 2.75) is 13.3 Å². The van der Waals surface area contributed by atoms with Gasteiger partial charge in [0.15, 0.2) is 5.82 Å². The minimum absolute atomic E-state index is 0.276. The molecular weight excluding hydrogens is 390 g/mol. The summed E-state index contributed by atoms with van der Waals surface area (Å²) in [7, 11) is 1.61. The number of nitrogens with one attached hydrogen (secondary N) is 1. The van der Waals surface area contributed by atoms with E-state index < -0.39 is 5.97 Å².